The van der Waals surface area contributed by atoms with E-state index in [1.807, 2.05) is 6.07 Å². The molecule has 1 heterocycles. The molecule has 1 aliphatic heterocycles. The summed E-state index contributed by atoms with van der Waals surface area (Å²) in [5, 5.41) is 11.3. The Morgan fingerprint density at radius 3 is 2.39 bits per heavy atom. The minimum absolute atomic E-state index is 0.526. The van der Waals surface area contributed by atoms with Crippen LogP contribution in [0.2, 0.25) is 0 Å². The van der Waals surface area contributed by atoms with Crippen LogP contribution in [0.4, 0.5) is 0 Å². The van der Waals surface area contributed by atoms with Gasteiger partial charge in [-0.1, -0.05) is 19.3 Å². The topological polar surface area (TPSA) is 113 Å². The van der Waals surface area contributed by atoms with Gasteiger partial charge in [0, 0.05) is 5.41 Å². The number of carbonyl (C=O) groups excluding carboxylic acids is 3. The molecule has 2 aliphatic rings. The minimum atomic E-state index is -1.07. The molecule has 6 heteroatoms. The number of nitriles is 1. The van der Waals surface area contributed by atoms with Crippen LogP contribution < -0.4 is 11.1 Å². The molecule has 96 valence electrons. The summed E-state index contributed by atoms with van der Waals surface area (Å²) >= 11 is 0. The van der Waals surface area contributed by atoms with Crippen LogP contribution in [0.5, 0.6) is 0 Å². The summed E-state index contributed by atoms with van der Waals surface area (Å²) in [5.74, 6) is -4.03. The summed E-state index contributed by atoms with van der Waals surface area (Å²) in [6, 6.07) is 1.95. The molecule has 1 aliphatic carbocycles. The maximum Gasteiger partial charge on any atom is 0.244 e. The number of primary amides is 1. The molecule has 18 heavy (non-hydrogen) atoms. The van der Waals surface area contributed by atoms with E-state index in [2.05, 4.69) is 5.32 Å². The molecule has 6 nitrogen and oxygen atoms in total. The van der Waals surface area contributed by atoms with Crippen LogP contribution in [-0.2, 0) is 14.4 Å². The van der Waals surface area contributed by atoms with Gasteiger partial charge in [0.25, 0.3) is 0 Å². The van der Waals surface area contributed by atoms with Crippen LogP contribution in [0.15, 0.2) is 0 Å². The molecule has 0 aromatic heterocycles. The van der Waals surface area contributed by atoms with Gasteiger partial charge in [0.1, 0.15) is 11.8 Å². The first-order valence-corrected chi connectivity index (χ1v) is 6.06. The largest absolute Gasteiger partial charge is 0.369 e. The lowest BCUT2D eigenvalue weighted by atomic mass is 9.57. The lowest BCUT2D eigenvalue weighted by Crippen LogP contribution is -2.61. The van der Waals surface area contributed by atoms with E-state index in [1.165, 1.54) is 0 Å². The summed E-state index contributed by atoms with van der Waals surface area (Å²) < 4.78 is 0. The number of amides is 3. The van der Waals surface area contributed by atoms with Gasteiger partial charge in [-0.15, -0.1) is 0 Å². The van der Waals surface area contributed by atoms with Gasteiger partial charge in [-0.2, -0.15) is 5.26 Å². The fourth-order valence-electron chi connectivity index (χ4n) is 3.34. The number of imide groups is 1. The number of nitrogens with two attached hydrogens (primary N) is 1. The highest BCUT2D eigenvalue weighted by atomic mass is 16.2. The first-order valence-electron chi connectivity index (χ1n) is 6.06. The van der Waals surface area contributed by atoms with Crippen molar-refractivity contribution in [1.29, 1.82) is 5.26 Å². The van der Waals surface area contributed by atoms with E-state index in [-0.39, 0.29) is 0 Å². The van der Waals surface area contributed by atoms with Crippen molar-refractivity contribution < 1.29 is 14.4 Å². The quantitative estimate of drug-likeness (QED) is 0.496. The number of hydrogen-bond donors (Lipinski definition) is 2. The van der Waals surface area contributed by atoms with Crippen molar-refractivity contribution in [2.24, 2.45) is 23.0 Å². The van der Waals surface area contributed by atoms with E-state index in [4.69, 9.17) is 5.73 Å². The lowest BCUT2D eigenvalue weighted by Gasteiger charge is -2.46. The second-order valence-electron chi connectivity index (χ2n) is 5.04. The number of rotatable bonds is 1. The Morgan fingerprint density at radius 2 is 1.89 bits per heavy atom. The third kappa shape index (κ3) is 1.67. The Kier molecular flexibility index (Phi) is 3.07. The van der Waals surface area contributed by atoms with Crippen molar-refractivity contribution >= 4 is 17.7 Å². The van der Waals surface area contributed by atoms with Crippen molar-refractivity contribution in [2.75, 3.05) is 0 Å². The number of nitrogens with zero attached hydrogens (tertiary/aromatic N) is 1. The van der Waals surface area contributed by atoms with E-state index in [0.717, 1.165) is 19.3 Å². The highest BCUT2D eigenvalue weighted by Crippen LogP contribution is 2.50. The standard InChI is InChI=1S/C12H15N3O3/c13-6-7-10(17)15-11(18)8(9(14)16)12(7)4-2-1-3-5-12/h7-8H,1-5H2,(H2,14,16)(H,15,17,18). The molecule has 1 saturated heterocycles. The van der Waals surface area contributed by atoms with Gasteiger partial charge < -0.3 is 5.73 Å². The molecule has 2 rings (SSSR count). The smallest absolute Gasteiger partial charge is 0.244 e. The van der Waals surface area contributed by atoms with Crippen LogP contribution >= 0.6 is 0 Å². The monoisotopic (exact) mass is 249 g/mol. The van der Waals surface area contributed by atoms with Crippen LogP contribution in [0.3, 0.4) is 0 Å². The van der Waals surface area contributed by atoms with E-state index in [1.54, 1.807) is 0 Å². The van der Waals surface area contributed by atoms with E-state index in [0.29, 0.717) is 12.8 Å². The molecule has 0 aromatic rings. The second kappa shape index (κ2) is 4.41. The number of carbonyl (C=O) groups is 3. The number of hydrogen-bond acceptors (Lipinski definition) is 4. The van der Waals surface area contributed by atoms with Crippen molar-refractivity contribution in [3.63, 3.8) is 0 Å². The van der Waals surface area contributed by atoms with Gasteiger partial charge in [0.2, 0.25) is 17.7 Å². The highest BCUT2D eigenvalue weighted by molar-refractivity contribution is 6.10. The zero-order valence-electron chi connectivity index (χ0n) is 9.94. The SMILES string of the molecule is N#CC1C(=O)NC(=O)C(C(N)=O)C12CCCCC2. The van der Waals surface area contributed by atoms with Crippen LogP contribution in [-0.4, -0.2) is 17.7 Å². The maximum atomic E-state index is 11.8. The Hall–Kier alpha value is -1.90. The van der Waals surface area contributed by atoms with Crippen molar-refractivity contribution in [3.05, 3.63) is 0 Å². The molecule has 1 spiro atoms. The van der Waals surface area contributed by atoms with Gasteiger partial charge in [-0.25, -0.2) is 0 Å². The van der Waals surface area contributed by atoms with Crippen molar-refractivity contribution in [1.82, 2.24) is 5.32 Å². The van der Waals surface area contributed by atoms with Crippen LogP contribution in [0.25, 0.3) is 0 Å². The molecule has 2 fully saturated rings. The fraction of sp³-hybridized carbons (Fsp3) is 0.667. The van der Waals surface area contributed by atoms with Gasteiger partial charge in [0.15, 0.2) is 0 Å². The van der Waals surface area contributed by atoms with Gasteiger partial charge in [0.05, 0.1) is 6.07 Å². The zero-order valence-corrected chi connectivity index (χ0v) is 9.94. The van der Waals surface area contributed by atoms with Gasteiger partial charge in [-0.05, 0) is 12.8 Å². The predicted molar refractivity (Wildman–Crippen MR) is 60.5 cm³/mol. The summed E-state index contributed by atoms with van der Waals surface area (Å²) in [4.78, 5) is 35.2. The molecule has 0 radical (unpaired) electrons. The molecule has 3 N–H and O–H groups in total. The van der Waals surface area contributed by atoms with Crippen molar-refractivity contribution in [2.45, 2.75) is 32.1 Å². The third-order valence-corrected chi connectivity index (χ3v) is 4.12. The summed E-state index contributed by atoms with van der Waals surface area (Å²) in [6.45, 7) is 0. The first-order chi connectivity index (χ1) is 8.53. The third-order valence-electron chi connectivity index (χ3n) is 4.12. The highest BCUT2D eigenvalue weighted by Gasteiger charge is 2.58. The molecule has 3 amide bonds. The second-order valence-corrected chi connectivity index (χ2v) is 5.04. The summed E-state index contributed by atoms with van der Waals surface area (Å²) in [6.07, 6.45) is 3.65. The minimum Gasteiger partial charge on any atom is -0.369 e. The van der Waals surface area contributed by atoms with E-state index < -0.39 is 35.0 Å². The summed E-state index contributed by atoms with van der Waals surface area (Å²) in [5.41, 5.74) is 4.41. The Labute approximate surface area is 105 Å². The molecule has 1 saturated carbocycles. The molecular weight excluding hydrogens is 234 g/mol. The number of nitrogens with one attached hydrogen (secondary N) is 1. The number of piperidine rings is 1. The van der Waals surface area contributed by atoms with Gasteiger partial charge >= 0.3 is 0 Å². The van der Waals surface area contributed by atoms with E-state index in [9.17, 15) is 19.6 Å². The Balaban J connectivity index is 2.49. The first kappa shape index (κ1) is 12.6. The molecular formula is C12H15N3O3. The Morgan fingerprint density at radius 1 is 1.28 bits per heavy atom. The normalized spacial score (nSPS) is 30.6. The van der Waals surface area contributed by atoms with Gasteiger partial charge in [-0.3, -0.25) is 19.7 Å². The van der Waals surface area contributed by atoms with Crippen LogP contribution in [0.1, 0.15) is 32.1 Å². The molecule has 0 bridgehead atoms. The average Bonchev–Trinajstić information content (AvgIpc) is 2.29. The predicted octanol–water partition coefficient (Wildman–Crippen LogP) is -0.165. The van der Waals surface area contributed by atoms with Crippen molar-refractivity contribution in [3.8, 4) is 6.07 Å². The Bertz CT molecular complexity index is 446. The lowest BCUT2D eigenvalue weighted by molar-refractivity contribution is -0.154. The molecule has 0 aromatic carbocycles. The average molecular weight is 249 g/mol. The molecule has 2 atom stereocenters. The van der Waals surface area contributed by atoms with E-state index >= 15 is 0 Å². The maximum absolute atomic E-state index is 11.8. The summed E-state index contributed by atoms with van der Waals surface area (Å²) in [7, 11) is 0. The fourth-order valence-corrected chi connectivity index (χ4v) is 3.34. The molecule has 2 unspecified atom stereocenters. The zero-order chi connectivity index (χ0) is 13.3. The van der Waals surface area contributed by atoms with Crippen LogP contribution in [0, 0.1) is 28.6 Å².